The molecule has 0 spiro atoms. The fourth-order valence-corrected chi connectivity index (χ4v) is 3.39. The lowest BCUT2D eigenvalue weighted by Crippen LogP contribution is -2.44. The van der Waals surface area contributed by atoms with E-state index in [1.807, 2.05) is 41.3 Å². The Kier molecular flexibility index (Phi) is 9.01. The summed E-state index contributed by atoms with van der Waals surface area (Å²) in [6.07, 6.45) is 7.65. The number of carbonyl (C=O) groups excluding carboxylic acids is 1. The third-order valence-corrected chi connectivity index (χ3v) is 4.74. The van der Waals surface area contributed by atoms with E-state index in [0.717, 1.165) is 24.8 Å². The molecule has 2 rings (SSSR count). The Morgan fingerprint density at radius 2 is 2.07 bits per heavy atom. The van der Waals surface area contributed by atoms with Gasteiger partial charge in [-0.05, 0) is 37.7 Å². The van der Waals surface area contributed by atoms with Gasteiger partial charge in [-0.2, -0.15) is 0 Å². The summed E-state index contributed by atoms with van der Waals surface area (Å²) in [7, 11) is 0. The minimum absolute atomic E-state index is 0.139. The van der Waals surface area contributed by atoms with E-state index in [0.29, 0.717) is 25.8 Å². The maximum Gasteiger partial charge on any atom is 0.329 e. The zero-order valence-corrected chi connectivity index (χ0v) is 15.6. The molecule has 1 aromatic carbocycles. The van der Waals surface area contributed by atoms with Crippen molar-refractivity contribution in [3.05, 3.63) is 48.0 Å². The quantitative estimate of drug-likeness (QED) is 0.458. The smallest absolute Gasteiger partial charge is 0.329 e. The number of piperidine rings is 1. The van der Waals surface area contributed by atoms with E-state index in [1.165, 1.54) is 0 Å². The molecule has 1 unspecified atom stereocenters. The molecule has 0 radical (unpaired) electrons. The first-order valence-electron chi connectivity index (χ1n) is 9.52. The second-order valence-electron chi connectivity index (χ2n) is 6.89. The molecule has 27 heavy (non-hydrogen) atoms. The molecule has 1 fully saturated rings. The molecule has 2 N–H and O–H groups in total. The Morgan fingerprint density at radius 1 is 1.30 bits per heavy atom. The van der Waals surface area contributed by atoms with E-state index in [1.54, 1.807) is 6.08 Å². The lowest BCUT2D eigenvalue weighted by Gasteiger charge is -2.35. The van der Waals surface area contributed by atoms with E-state index < -0.39 is 12.1 Å². The molecule has 0 bridgehead atoms. The Labute approximate surface area is 160 Å². The number of aliphatic hydroxyl groups is 1. The monoisotopic (exact) mass is 375 g/mol. The topological polar surface area (TPSA) is 87.1 Å². The highest BCUT2D eigenvalue weighted by Crippen LogP contribution is 2.23. The van der Waals surface area contributed by atoms with Gasteiger partial charge in [0.15, 0.2) is 0 Å². The van der Waals surface area contributed by atoms with Crippen LogP contribution in [0.4, 0.5) is 0 Å². The Morgan fingerprint density at radius 3 is 2.81 bits per heavy atom. The molecule has 1 saturated heterocycles. The lowest BCUT2D eigenvalue weighted by molar-refractivity contribution is -0.141. The van der Waals surface area contributed by atoms with E-state index in [-0.39, 0.29) is 25.2 Å². The zero-order valence-electron chi connectivity index (χ0n) is 15.6. The van der Waals surface area contributed by atoms with Gasteiger partial charge in [0.25, 0.3) is 0 Å². The Hall–Kier alpha value is -2.18. The normalized spacial score (nSPS) is 18.8. The molecule has 1 aliphatic rings. The number of hydrogen-bond donors (Lipinski definition) is 2. The molecule has 148 valence electrons. The number of carboxylic acid groups (broad SMARTS) is 1. The largest absolute Gasteiger partial charge is 0.480 e. The molecule has 1 aliphatic heterocycles. The van der Waals surface area contributed by atoms with Crippen molar-refractivity contribution in [1.82, 2.24) is 4.90 Å². The van der Waals surface area contributed by atoms with Crippen LogP contribution in [0.1, 0.15) is 37.7 Å². The van der Waals surface area contributed by atoms with Gasteiger partial charge in [0.2, 0.25) is 5.91 Å². The third kappa shape index (κ3) is 7.93. The molecule has 1 heterocycles. The minimum atomic E-state index is -0.997. The minimum Gasteiger partial charge on any atom is -0.480 e. The summed E-state index contributed by atoms with van der Waals surface area (Å²) in [4.78, 5) is 24.5. The molecule has 2 atom stereocenters. The summed E-state index contributed by atoms with van der Waals surface area (Å²) >= 11 is 0. The van der Waals surface area contributed by atoms with Crippen LogP contribution in [0.5, 0.6) is 0 Å². The number of nitrogens with zero attached hydrogens (tertiary/aromatic N) is 1. The summed E-state index contributed by atoms with van der Waals surface area (Å²) in [6, 6.07) is 10.1. The average Bonchev–Trinajstić information content (AvgIpc) is 2.65. The zero-order chi connectivity index (χ0) is 19.5. The lowest BCUT2D eigenvalue weighted by atomic mass is 9.94. The molecule has 6 heteroatoms. The molecular formula is C21H29NO5. The number of carbonyl (C=O) groups is 2. The van der Waals surface area contributed by atoms with Gasteiger partial charge in [-0.1, -0.05) is 42.5 Å². The van der Waals surface area contributed by atoms with Crippen molar-refractivity contribution in [3.8, 4) is 0 Å². The van der Waals surface area contributed by atoms with Gasteiger partial charge < -0.3 is 19.8 Å². The van der Waals surface area contributed by atoms with Crippen LogP contribution in [0.15, 0.2) is 42.5 Å². The number of benzene rings is 1. The van der Waals surface area contributed by atoms with E-state index in [2.05, 4.69) is 0 Å². The summed E-state index contributed by atoms with van der Waals surface area (Å²) in [5.74, 6) is -0.858. The standard InChI is InChI=1S/C21H29NO5/c23-19(15-17-7-2-1-3-8-17)12-11-18-9-6-10-20(24)22(18)13-4-5-14-27-16-21(25)26/h1-5,7-8,18-19,23H,6,9-16H2,(H,25,26)/t18?,19-/m1/s1. The van der Waals surface area contributed by atoms with Crippen LogP contribution in [0.25, 0.3) is 0 Å². The fraction of sp³-hybridized carbons (Fsp3) is 0.524. The maximum atomic E-state index is 12.3. The molecule has 6 nitrogen and oxygen atoms in total. The first-order valence-corrected chi connectivity index (χ1v) is 9.52. The van der Waals surface area contributed by atoms with Gasteiger partial charge in [-0.3, -0.25) is 4.79 Å². The van der Waals surface area contributed by atoms with E-state index in [9.17, 15) is 14.7 Å². The van der Waals surface area contributed by atoms with Crippen LogP contribution in [-0.4, -0.2) is 58.9 Å². The molecule has 0 aromatic heterocycles. The Bertz CT molecular complexity index is 616. The van der Waals surface area contributed by atoms with Crippen molar-refractivity contribution >= 4 is 11.9 Å². The van der Waals surface area contributed by atoms with Crippen LogP contribution in [0.3, 0.4) is 0 Å². The number of hydrogen-bond acceptors (Lipinski definition) is 4. The summed E-state index contributed by atoms with van der Waals surface area (Å²) in [6.45, 7) is 0.387. The molecule has 0 saturated carbocycles. The van der Waals surface area contributed by atoms with Crippen molar-refractivity contribution in [2.24, 2.45) is 0 Å². The van der Waals surface area contributed by atoms with Gasteiger partial charge in [0.05, 0.1) is 12.7 Å². The van der Waals surface area contributed by atoms with Crippen molar-refractivity contribution in [2.45, 2.75) is 50.7 Å². The van der Waals surface area contributed by atoms with Gasteiger partial charge >= 0.3 is 5.97 Å². The molecule has 1 amide bonds. The van der Waals surface area contributed by atoms with E-state index in [4.69, 9.17) is 9.84 Å². The molecular weight excluding hydrogens is 346 g/mol. The van der Waals surface area contributed by atoms with Crippen LogP contribution in [0, 0.1) is 0 Å². The van der Waals surface area contributed by atoms with Gasteiger partial charge in [0, 0.05) is 19.0 Å². The van der Waals surface area contributed by atoms with Crippen LogP contribution in [0.2, 0.25) is 0 Å². The van der Waals surface area contributed by atoms with Crippen molar-refractivity contribution in [1.29, 1.82) is 0 Å². The SMILES string of the molecule is O=C(O)COCC=CCN1C(=O)CCCC1CC[C@@H](O)Cc1ccccc1. The highest BCUT2D eigenvalue weighted by atomic mass is 16.5. The van der Waals surface area contributed by atoms with Gasteiger partial charge in [-0.15, -0.1) is 0 Å². The van der Waals surface area contributed by atoms with Crippen molar-refractivity contribution < 1.29 is 24.5 Å². The Balaban J connectivity index is 1.77. The van der Waals surface area contributed by atoms with Crippen LogP contribution in [-0.2, 0) is 20.7 Å². The number of amides is 1. The summed E-state index contributed by atoms with van der Waals surface area (Å²) in [5, 5.41) is 18.8. The first kappa shape index (κ1) is 21.1. The highest BCUT2D eigenvalue weighted by Gasteiger charge is 2.27. The third-order valence-electron chi connectivity index (χ3n) is 4.74. The second-order valence-corrected chi connectivity index (χ2v) is 6.89. The maximum absolute atomic E-state index is 12.3. The second kappa shape index (κ2) is 11.5. The predicted molar refractivity (Wildman–Crippen MR) is 102 cm³/mol. The number of likely N-dealkylation sites (tertiary alicyclic amines) is 1. The first-order chi connectivity index (χ1) is 13.1. The number of rotatable bonds is 11. The number of aliphatic carboxylic acids is 1. The highest BCUT2D eigenvalue weighted by molar-refractivity contribution is 5.77. The fourth-order valence-electron chi connectivity index (χ4n) is 3.39. The van der Waals surface area contributed by atoms with Crippen LogP contribution < -0.4 is 0 Å². The molecule has 0 aliphatic carbocycles. The van der Waals surface area contributed by atoms with Crippen molar-refractivity contribution in [3.63, 3.8) is 0 Å². The average molecular weight is 375 g/mol. The molecule has 1 aromatic rings. The number of ether oxygens (including phenoxy) is 1. The number of aliphatic hydroxyl groups excluding tert-OH is 1. The van der Waals surface area contributed by atoms with Gasteiger partial charge in [0.1, 0.15) is 6.61 Å². The predicted octanol–water partition coefficient (Wildman–Crippen LogP) is 2.41. The summed E-state index contributed by atoms with van der Waals surface area (Å²) < 4.78 is 4.95. The van der Waals surface area contributed by atoms with Crippen molar-refractivity contribution in [2.75, 3.05) is 19.8 Å². The van der Waals surface area contributed by atoms with Gasteiger partial charge in [-0.25, -0.2) is 4.79 Å². The van der Waals surface area contributed by atoms with Crippen LogP contribution >= 0.6 is 0 Å². The summed E-state index contributed by atoms with van der Waals surface area (Å²) in [5.41, 5.74) is 1.12. The number of carboxylic acids is 1. The van der Waals surface area contributed by atoms with E-state index >= 15 is 0 Å².